The minimum atomic E-state index is 0.233. The Morgan fingerprint density at radius 2 is 2.12 bits per heavy atom. The van der Waals surface area contributed by atoms with Crippen molar-refractivity contribution < 1.29 is 4.79 Å². The second-order valence-electron chi connectivity index (χ2n) is 5.27. The molecular weight excluding hydrogens is 276 g/mol. The fraction of sp³-hybridized carbons (Fsp3) is 0.533. The Morgan fingerprint density at radius 1 is 1.35 bits per heavy atom. The third kappa shape index (κ3) is 2.79. The third-order valence-corrected chi connectivity index (χ3v) is 4.82. The van der Waals surface area contributed by atoms with Crippen molar-refractivity contribution in [2.75, 3.05) is 0 Å². The van der Waals surface area contributed by atoms with E-state index in [0.29, 0.717) is 11.7 Å². The highest BCUT2D eigenvalue weighted by molar-refractivity contribution is 9.10. The molecule has 1 saturated carbocycles. The highest BCUT2D eigenvalue weighted by atomic mass is 79.9. The van der Waals surface area contributed by atoms with E-state index in [0.717, 1.165) is 28.4 Å². The first-order chi connectivity index (χ1) is 8.09. The monoisotopic (exact) mass is 294 g/mol. The zero-order valence-corrected chi connectivity index (χ0v) is 12.1. The van der Waals surface area contributed by atoms with Crippen LogP contribution in [0, 0.1) is 18.8 Å². The lowest BCUT2D eigenvalue weighted by molar-refractivity contribution is 0.0867. The van der Waals surface area contributed by atoms with E-state index in [1.165, 1.54) is 12.8 Å². The number of carbonyl (C=O) groups excluding carboxylic acids is 1. The average Bonchev–Trinajstić information content (AvgIpc) is 2.32. The molecule has 2 atom stereocenters. The van der Waals surface area contributed by atoms with Crippen LogP contribution in [0.5, 0.6) is 0 Å². The SMILES string of the molecule is Cc1cccc(C(=O)C2CCCC(C)C2)c1Br. The predicted molar refractivity (Wildman–Crippen MR) is 74.3 cm³/mol. The highest BCUT2D eigenvalue weighted by Crippen LogP contribution is 2.33. The molecule has 0 N–H and O–H groups in total. The van der Waals surface area contributed by atoms with Crippen molar-refractivity contribution in [1.82, 2.24) is 0 Å². The van der Waals surface area contributed by atoms with E-state index in [4.69, 9.17) is 0 Å². The normalized spacial score (nSPS) is 24.6. The molecule has 0 heterocycles. The summed E-state index contributed by atoms with van der Waals surface area (Å²) in [6.07, 6.45) is 4.59. The number of carbonyl (C=O) groups is 1. The standard InChI is InChI=1S/C15H19BrO/c1-10-5-3-7-12(9-10)15(17)13-8-4-6-11(2)14(13)16/h4,6,8,10,12H,3,5,7,9H2,1-2H3. The molecule has 0 saturated heterocycles. The van der Waals surface area contributed by atoms with Gasteiger partial charge in [-0.1, -0.05) is 38.0 Å². The topological polar surface area (TPSA) is 17.1 Å². The highest BCUT2D eigenvalue weighted by Gasteiger charge is 2.27. The Kier molecular flexibility index (Phi) is 4.03. The Morgan fingerprint density at radius 3 is 2.82 bits per heavy atom. The predicted octanol–water partition coefficient (Wildman–Crippen LogP) is 4.77. The van der Waals surface area contributed by atoms with E-state index in [1.54, 1.807) is 0 Å². The molecule has 1 aliphatic rings. The maximum Gasteiger partial charge on any atom is 0.167 e. The number of ketones is 1. The molecule has 2 rings (SSSR count). The van der Waals surface area contributed by atoms with Crippen LogP contribution >= 0.6 is 15.9 Å². The Bertz CT molecular complexity index is 425. The molecule has 1 aliphatic carbocycles. The van der Waals surface area contributed by atoms with Crippen LogP contribution in [0.1, 0.15) is 48.5 Å². The molecule has 92 valence electrons. The number of hydrogen-bond acceptors (Lipinski definition) is 1. The number of Topliss-reactive ketones (excluding diaryl/α,β-unsaturated/α-hetero) is 1. The second-order valence-corrected chi connectivity index (χ2v) is 6.06. The van der Waals surface area contributed by atoms with E-state index in [1.807, 2.05) is 25.1 Å². The summed E-state index contributed by atoms with van der Waals surface area (Å²) in [5.41, 5.74) is 2.00. The van der Waals surface area contributed by atoms with E-state index in [2.05, 4.69) is 22.9 Å². The van der Waals surface area contributed by atoms with Gasteiger partial charge in [-0.3, -0.25) is 4.79 Å². The first-order valence-corrected chi connectivity index (χ1v) is 7.18. The summed E-state index contributed by atoms with van der Waals surface area (Å²) in [4.78, 5) is 12.5. The molecule has 0 bridgehead atoms. The molecule has 0 aliphatic heterocycles. The second kappa shape index (κ2) is 5.34. The number of hydrogen-bond donors (Lipinski definition) is 0. The molecule has 0 spiro atoms. The van der Waals surface area contributed by atoms with Crippen LogP contribution in [0.15, 0.2) is 22.7 Å². The fourth-order valence-electron chi connectivity index (χ4n) is 2.73. The lowest BCUT2D eigenvalue weighted by Crippen LogP contribution is -2.22. The zero-order chi connectivity index (χ0) is 12.4. The Hall–Kier alpha value is -0.630. The summed E-state index contributed by atoms with van der Waals surface area (Å²) in [5, 5.41) is 0. The van der Waals surface area contributed by atoms with Crippen LogP contribution in [-0.4, -0.2) is 5.78 Å². The molecule has 0 radical (unpaired) electrons. The van der Waals surface area contributed by atoms with Gasteiger partial charge in [-0.2, -0.15) is 0 Å². The van der Waals surface area contributed by atoms with Crippen molar-refractivity contribution in [3.05, 3.63) is 33.8 Å². The molecule has 17 heavy (non-hydrogen) atoms. The summed E-state index contributed by atoms with van der Waals surface area (Å²) < 4.78 is 0.975. The van der Waals surface area contributed by atoms with Crippen LogP contribution in [0.25, 0.3) is 0 Å². The molecule has 2 unspecified atom stereocenters. The van der Waals surface area contributed by atoms with Gasteiger partial charge in [0.25, 0.3) is 0 Å². The molecule has 1 aromatic carbocycles. The molecule has 2 heteroatoms. The number of benzene rings is 1. The molecule has 1 fully saturated rings. The van der Waals surface area contributed by atoms with Crippen LogP contribution in [0.4, 0.5) is 0 Å². The first-order valence-electron chi connectivity index (χ1n) is 6.39. The van der Waals surface area contributed by atoms with Crippen molar-refractivity contribution in [1.29, 1.82) is 0 Å². The van der Waals surface area contributed by atoms with Gasteiger partial charge in [0.15, 0.2) is 5.78 Å². The van der Waals surface area contributed by atoms with Crippen molar-refractivity contribution in [2.45, 2.75) is 39.5 Å². The number of rotatable bonds is 2. The van der Waals surface area contributed by atoms with Crippen LogP contribution in [0.3, 0.4) is 0 Å². The Labute approximate surface area is 112 Å². The zero-order valence-electron chi connectivity index (χ0n) is 10.5. The van der Waals surface area contributed by atoms with Crippen LogP contribution < -0.4 is 0 Å². The maximum absolute atomic E-state index is 12.5. The third-order valence-electron chi connectivity index (χ3n) is 3.76. The van der Waals surface area contributed by atoms with Gasteiger partial charge < -0.3 is 0 Å². The van der Waals surface area contributed by atoms with Gasteiger partial charge >= 0.3 is 0 Å². The maximum atomic E-state index is 12.5. The summed E-state index contributed by atoms with van der Waals surface area (Å²) in [7, 11) is 0. The van der Waals surface area contributed by atoms with Crippen LogP contribution in [-0.2, 0) is 0 Å². The lowest BCUT2D eigenvalue weighted by Gasteiger charge is -2.26. The van der Waals surface area contributed by atoms with E-state index in [9.17, 15) is 4.79 Å². The van der Waals surface area contributed by atoms with Crippen molar-refractivity contribution >= 4 is 21.7 Å². The molecule has 1 nitrogen and oxygen atoms in total. The lowest BCUT2D eigenvalue weighted by atomic mass is 9.78. The summed E-state index contributed by atoms with van der Waals surface area (Å²) in [6, 6.07) is 5.95. The summed E-state index contributed by atoms with van der Waals surface area (Å²) >= 11 is 3.54. The van der Waals surface area contributed by atoms with Crippen molar-refractivity contribution in [3.8, 4) is 0 Å². The first kappa shape index (κ1) is 12.8. The molecule has 1 aromatic rings. The van der Waals surface area contributed by atoms with Gasteiger partial charge in [0.1, 0.15) is 0 Å². The minimum absolute atomic E-state index is 0.233. The van der Waals surface area contributed by atoms with Gasteiger partial charge in [-0.15, -0.1) is 0 Å². The molecule has 0 aromatic heterocycles. The summed E-state index contributed by atoms with van der Waals surface area (Å²) in [6.45, 7) is 4.29. The van der Waals surface area contributed by atoms with E-state index >= 15 is 0 Å². The van der Waals surface area contributed by atoms with Gasteiger partial charge in [0.05, 0.1) is 0 Å². The molecular formula is C15H19BrO. The summed E-state index contributed by atoms with van der Waals surface area (Å²) in [5.74, 6) is 1.25. The van der Waals surface area contributed by atoms with Gasteiger partial charge in [-0.25, -0.2) is 0 Å². The van der Waals surface area contributed by atoms with E-state index in [-0.39, 0.29) is 5.92 Å². The fourth-order valence-corrected chi connectivity index (χ4v) is 3.19. The van der Waals surface area contributed by atoms with Crippen LogP contribution in [0.2, 0.25) is 0 Å². The van der Waals surface area contributed by atoms with Crippen molar-refractivity contribution in [3.63, 3.8) is 0 Å². The number of aryl methyl sites for hydroxylation is 1. The minimum Gasteiger partial charge on any atom is -0.294 e. The van der Waals surface area contributed by atoms with Crippen molar-refractivity contribution in [2.24, 2.45) is 11.8 Å². The van der Waals surface area contributed by atoms with Gasteiger partial charge in [0.2, 0.25) is 0 Å². The Balaban J connectivity index is 2.22. The quantitative estimate of drug-likeness (QED) is 0.718. The van der Waals surface area contributed by atoms with Gasteiger partial charge in [0, 0.05) is 16.0 Å². The number of halogens is 1. The average molecular weight is 295 g/mol. The van der Waals surface area contributed by atoms with E-state index < -0.39 is 0 Å². The smallest absolute Gasteiger partial charge is 0.167 e. The molecule has 0 amide bonds. The van der Waals surface area contributed by atoms with Gasteiger partial charge in [-0.05, 0) is 47.2 Å². The largest absolute Gasteiger partial charge is 0.294 e.